The van der Waals surface area contributed by atoms with Gasteiger partial charge in [-0.05, 0) is 36.8 Å². The average Bonchev–Trinajstić information content (AvgIpc) is 2.39. The van der Waals surface area contributed by atoms with Crippen LogP contribution in [0.25, 0.3) is 0 Å². The molecule has 2 aromatic carbocycles. The number of primary amides is 1. The van der Waals surface area contributed by atoms with Gasteiger partial charge in [0.15, 0.2) is 0 Å². The number of carbonyl (C=O) groups excluding carboxylic acids is 1. The highest BCUT2D eigenvalue weighted by molar-refractivity contribution is 5.98. The Labute approximate surface area is 116 Å². The second-order valence-electron chi connectivity index (χ2n) is 4.56. The largest absolute Gasteiger partial charge is 0.399 e. The van der Waals surface area contributed by atoms with Gasteiger partial charge < -0.3 is 16.8 Å². The zero-order valence-electron chi connectivity index (χ0n) is 11.1. The molecule has 0 saturated carbocycles. The van der Waals surface area contributed by atoms with Gasteiger partial charge in [0, 0.05) is 11.7 Å². The van der Waals surface area contributed by atoms with Crippen molar-refractivity contribution in [2.45, 2.75) is 13.0 Å². The summed E-state index contributed by atoms with van der Waals surface area (Å²) in [5.74, 6) is -1.43. The van der Waals surface area contributed by atoms with Crippen molar-refractivity contribution in [3.05, 3.63) is 59.4 Å². The predicted octanol–water partition coefficient (Wildman–Crippen LogP) is 2.68. The molecule has 0 aliphatic rings. The van der Waals surface area contributed by atoms with Crippen molar-refractivity contribution < 1.29 is 9.18 Å². The fourth-order valence-electron chi connectivity index (χ4n) is 2.00. The summed E-state index contributed by atoms with van der Waals surface area (Å²) in [5.41, 5.74) is 12.7. The predicted molar refractivity (Wildman–Crippen MR) is 77.8 cm³/mol. The second kappa shape index (κ2) is 5.61. The first-order valence-electron chi connectivity index (χ1n) is 6.19. The monoisotopic (exact) mass is 273 g/mol. The normalized spacial score (nSPS) is 11.9. The Morgan fingerprint density at radius 3 is 2.45 bits per heavy atom. The Morgan fingerprint density at radius 1 is 1.20 bits per heavy atom. The third kappa shape index (κ3) is 2.88. The third-order valence-corrected chi connectivity index (χ3v) is 3.07. The zero-order chi connectivity index (χ0) is 14.7. The minimum absolute atomic E-state index is 0.115. The highest BCUT2D eigenvalue weighted by Crippen LogP contribution is 2.24. The van der Waals surface area contributed by atoms with E-state index < -0.39 is 11.7 Å². The average molecular weight is 273 g/mol. The number of nitrogen functional groups attached to an aromatic ring is 1. The van der Waals surface area contributed by atoms with Gasteiger partial charge in [-0.3, -0.25) is 4.79 Å². The number of rotatable bonds is 4. The number of nitrogens with two attached hydrogens (primary N) is 2. The van der Waals surface area contributed by atoms with Gasteiger partial charge in [-0.15, -0.1) is 0 Å². The molecule has 104 valence electrons. The summed E-state index contributed by atoms with van der Waals surface area (Å²) in [4.78, 5) is 11.3. The van der Waals surface area contributed by atoms with E-state index in [1.165, 1.54) is 12.1 Å². The first kappa shape index (κ1) is 13.9. The Morgan fingerprint density at radius 2 is 1.85 bits per heavy atom. The van der Waals surface area contributed by atoms with E-state index in [9.17, 15) is 9.18 Å². The summed E-state index contributed by atoms with van der Waals surface area (Å²) in [6.07, 6.45) is 0. The Kier molecular flexibility index (Phi) is 3.89. The quantitative estimate of drug-likeness (QED) is 0.749. The molecule has 0 spiro atoms. The summed E-state index contributed by atoms with van der Waals surface area (Å²) < 4.78 is 13.6. The van der Waals surface area contributed by atoms with Crippen molar-refractivity contribution in [3.8, 4) is 0 Å². The van der Waals surface area contributed by atoms with E-state index in [0.29, 0.717) is 11.4 Å². The van der Waals surface area contributed by atoms with Gasteiger partial charge in [-0.2, -0.15) is 0 Å². The molecular formula is C15H16FN3O. The number of anilines is 2. The Balaban J connectivity index is 2.28. The summed E-state index contributed by atoms with van der Waals surface area (Å²) in [6.45, 7) is 1.90. The van der Waals surface area contributed by atoms with E-state index in [1.807, 2.05) is 19.1 Å². The number of hydrogen-bond acceptors (Lipinski definition) is 3. The lowest BCUT2D eigenvalue weighted by Gasteiger charge is -2.18. The molecule has 0 aliphatic heterocycles. The lowest BCUT2D eigenvalue weighted by molar-refractivity contribution is 0.0997. The highest BCUT2D eigenvalue weighted by Gasteiger charge is 2.15. The number of nitrogens with one attached hydrogen (secondary N) is 1. The maximum Gasteiger partial charge on any atom is 0.253 e. The molecule has 5 heteroatoms. The van der Waals surface area contributed by atoms with Gasteiger partial charge in [0.25, 0.3) is 5.91 Å². The minimum atomic E-state index is -0.796. The topological polar surface area (TPSA) is 81.1 Å². The molecule has 0 saturated heterocycles. The van der Waals surface area contributed by atoms with Gasteiger partial charge in [-0.1, -0.05) is 18.2 Å². The van der Waals surface area contributed by atoms with Crippen LogP contribution >= 0.6 is 0 Å². The van der Waals surface area contributed by atoms with Crippen molar-refractivity contribution in [2.75, 3.05) is 11.1 Å². The maximum absolute atomic E-state index is 13.6. The number of carbonyl (C=O) groups is 1. The molecule has 0 radical (unpaired) electrons. The van der Waals surface area contributed by atoms with Gasteiger partial charge in [0.1, 0.15) is 5.82 Å². The van der Waals surface area contributed by atoms with Crippen LogP contribution in [0.3, 0.4) is 0 Å². The molecule has 0 bridgehead atoms. The van der Waals surface area contributed by atoms with Crippen molar-refractivity contribution >= 4 is 17.3 Å². The highest BCUT2D eigenvalue weighted by atomic mass is 19.1. The SMILES string of the molecule is CC(Nc1cccc(F)c1C(N)=O)c1ccc(N)cc1. The first-order chi connectivity index (χ1) is 9.49. The molecule has 4 nitrogen and oxygen atoms in total. The minimum Gasteiger partial charge on any atom is -0.399 e. The summed E-state index contributed by atoms with van der Waals surface area (Å²) >= 11 is 0. The standard InChI is InChI=1S/C15H16FN3O/c1-9(10-5-7-11(17)8-6-10)19-13-4-2-3-12(16)14(13)15(18)20/h2-9,19H,17H2,1H3,(H2,18,20). The molecule has 2 aromatic rings. The van der Waals surface area contributed by atoms with Gasteiger partial charge in [0.2, 0.25) is 0 Å². The Bertz CT molecular complexity index is 626. The molecule has 0 fully saturated rings. The lowest BCUT2D eigenvalue weighted by Crippen LogP contribution is -2.17. The van der Waals surface area contributed by atoms with Crippen molar-refractivity contribution in [3.63, 3.8) is 0 Å². The van der Waals surface area contributed by atoms with Crippen LogP contribution in [0.4, 0.5) is 15.8 Å². The van der Waals surface area contributed by atoms with Crippen LogP contribution in [-0.2, 0) is 0 Å². The summed E-state index contributed by atoms with van der Waals surface area (Å²) in [7, 11) is 0. The fraction of sp³-hybridized carbons (Fsp3) is 0.133. The summed E-state index contributed by atoms with van der Waals surface area (Å²) in [6, 6.07) is 11.6. The molecular weight excluding hydrogens is 257 g/mol. The molecule has 0 aromatic heterocycles. The van der Waals surface area contributed by atoms with Crippen LogP contribution in [0.1, 0.15) is 28.9 Å². The molecule has 20 heavy (non-hydrogen) atoms. The van der Waals surface area contributed by atoms with Crippen molar-refractivity contribution in [1.82, 2.24) is 0 Å². The van der Waals surface area contributed by atoms with Crippen LogP contribution in [0, 0.1) is 5.82 Å². The van der Waals surface area contributed by atoms with Crippen LogP contribution in [-0.4, -0.2) is 5.91 Å². The van der Waals surface area contributed by atoms with E-state index in [-0.39, 0.29) is 11.6 Å². The van der Waals surface area contributed by atoms with Crippen molar-refractivity contribution in [1.29, 1.82) is 0 Å². The van der Waals surface area contributed by atoms with E-state index in [1.54, 1.807) is 18.2 Å². The van der Waals surface area contributed by atoms with Crippen molar-refractivity contribution in [2.24, 2.45) is 5.73 Å². The number of amides is 1. The van der Waals surface area contributed by atoms with Gasteiger partial charge in [0.05, 0.1) is 11.3 Å². The summed E-state index contributed by atoms with van der Waals surface area (Å²) in [5, 5.41) is 3.09. The first-order valence-corrected chi connectivity index (χ1v) is 6.19. The number of hydrogen-bond donors (Lipinski definition) is 3. The Hall–Kier alpha value is -2.56. The van der Waals surface area contributed by atoms with E-state index in [4.69, 9.17) is 11.5 Å². The fourth-order valence-corrected chi connectivity index (χ4v) is 2.00. The molecule has 2 rings (SSSR count). The second-order valence-corrected chi connectivity index (χ2v) is 4.56. The number of benzene rings is 2. The zero-order valence-corrected chi connectivity index (χ0v) is 11.1. The molecule has 1 atom stereocenters. The van der Waals surface area contributed by atoms with Crippen LogP contribution in [0.5, 0.6) is 0 Å². The lowest BCUT2D eigenvalue weighted by atomic mass is 10.1. The van der Waals surface area contributed by atoms with E-state index in [2.05, 4.69) is 5.32 Å². The van der Waals surface area contributed by atoms with Crippen LogP contribution in [0.2, 0.25) is 0 Å². The molecule has 1 amide bonds. The van der Waals surface area contributed by atoms with Gasteiger partial charge in [-0.25, -0.2) is 4.39 Å². The smallest absolute Gasteiger partial charge is 0.253 e. The molecule has 0 heterocycles. The maximum atomic E-state index is 13.6. The van der Waals surface area contributed by atoms with E-state index in [0.717, 1.165) is 5.56 Å². The van der Waals surface area contributed by atoms with Crippen LogP contribution in [0.15, 0.2) is 42.5 Å². The molecule has 1 unspecified atom stereocenters. The van der Waals surface area contributed by atoms with Crippen LogP contribution < -0.4 is 16.8 Å². The molecule has 0 aliphatic carbocycles. The van der Waals surface area contributed by atoms with Gasteiger partial charge >= 0.3 is 0 Å². The molecule has 5 N–H and O–H groups in total. The van der Waals surface area contributed by atoms with E-state index >= 15 is 0 Å². The third-order valence-electron chi connectivity index (χ3n) is 3.07. The number of halogens is 1.